The Morgan fingerprint density at radius 1 is 1.20 bits per heavy atom. The van der Waals surface area contributed by atoms with Gasteiger partial charge in [0.1, 0.15) is 0 Å². The van der Waals surface area contributed by atoms with Gasteiger partial charge in [-0.05, 0) is 50.4 Å². The minimum absolute atomic E-state index is 0.533. The lowest BCUT2D eigenvalue weighted by atomic mass is 9.96. The predicted octanol–water partition coefficient (Wildman–Crippen LogP) is 2.65. The number of piperazine rings is 1. The maximum absolute atomic E-state index is 5.91. The van der Waals surface area contributed by atoms with Gasteiger partial charge in [-0.3, -0.25) is 4.90 Å². The molecule has 3 atom stereocenters. The Kier molecular flexibility index (Phi) is 5.00. The minimum atomic E-state index is 0.533. The van der Waals surface area contributed by atoms with E-state index in [2.05, 4.69) is 24.1 Å². The highest BCUT2D eigenvalue weighted by Gasteiger charge is 2.37. The highest BCUT2D eigenvalue weighted by Crippen LogP contribution is 2.35. The van der Waals surface area contributed by atoms with Crippen molar-refractivity contribution in [2.75, 3.05) is 26.2 Å². The van der Waals surface area contributed by atoms with Crippen molar-refractivity contribution in [2.24, 2.45) is 11.8 Å². The van der Waals surface area contributed by atoms with Gasteiger partial charge in [-0.2, -0.15) is 0 Å². The van der Waals surface area contributed by atoms with E-state index in [1.807, 2.05) is 0 Å². The summed E-state index contributed by atoms with van der Waals surface area (Å²) in [4.78, 5) is 2.77. The first kappa shape index (κ1) is 14.8. The summed E-state index contributed by atoms with van der Waals surface area (Å²) >= 11 is 0. The topological polar surface area (TPSA) is 24.5 Å². The first-order valence-electron chi connectivity index (χ1n) is 8.83. The molecule has 20 heavy (non-hydrogen) atoms. The van der Waals surface area contributed by atoms with Crippen molar-refractivity contribution in [1.82, 2.24) is 10.2 Å². The van der Waals surface area contributed by atoms with Crippen LogP contribution in [-0.4, -0.2) is 49.3 Å². The zero-order valence-electron chi connectivity index (χ0n) is 13.3. The van der Waals surface area contributed by atoms with Crippen LogP contribution in [0.25, 0.3) is 0 Å². The number of nitrogens with one attached hydrogen (secondary N) is 1. The molecule has 1 aliphatic carbocycles. The minimum Gasteiger partial charge on any atom is -0.378 e. The smallest absolute Gasteiger partial charge is 0.0587 e. The molecule has 0 bridgehead atoms. The standard InChI is InChI=1S/C17H32N2O/c1-13(2)17-11-18-16(14-6-7-14)12-19(17)9-8-15-5-3-4-10-20-15/h13-18H,3-12H2,1-2H3. The van der Waals surface area contributed by atoms with Crippen LogP contribution in [0.3, 0.4) is 0 Å². The summed E-state index contributed by atoms with van der Waals surface area (Å²) in [6.45, 7) is 9.41. The molecule has 3 unspecified atom stereocenters. The normalized spacial score (nSPS) is 36.5. The summed E-state index contributed by atoms with van der Waals surface area (Å²) < 4.78 is 5.91. The van der Waals surface area contributed by atoms with E-state index >= 15 is 0 Å². The van der Waals surface area contributed by atoms with Crippen molar-refractivity contribution < 1.29 is 4.74 Å². The molecule has 116 valence electrons. The Hall–Kier alpha value is -0.120. The molecule has 2 aliphatic heterocycles. The average molecular weight is 280 g/mol. The van der Waals surface area contributed by atoms with Gasteiger partial charge < -0.3 is 10.1 Å². The van der Waals surface area contributed by atoms with Crippen molar-refractivity contribution in [3.05, 3.63) is 0 Å². The molecule has 3 nitrogen and oxygen atoms in total. The van der Waals surface area contributed by atoms with Crippen molar-refractivity contribution in [3.63, 3.8) is 0 Å². The summed E-state index contributed by atoms with van der Waals surface area (Å²) in [5.41, 5.74) is 0. The number of hydrogen-bond acceptors (Lipinski definition) is 3. The highest BCUT2D eigenvalue weighted by molar-refractivity contribution is 4.95. The Morgan fingerprint density at radius 2 is 2.05 bits per heavy atom. The lowest BCUT2D eigenvalue weighted by molar-refractivity contribution is -0.00343. The molecule has 3 aliphatic rings. The molecule has 1 N–H and O–H groups in total. The van der Waals surface area contributed by atoms with Crippen LogP contribution in [0, 0.1) is 11.8 Å². The van der Waals surface area contributed by atoms with E-state index in [0.29, 0.717) is 12.1 Å². The monoisotopic (exact) mass is 280 g/mol. The lowest BCUT2D eigenvalue weighted by Gasteiger charge is -2.43. The molecule has 0 aromatic rings. The van der Waals surface area contributed by atoms with Crippen molar-refractivity contribution >= 4 is 0 Å². The molecular weight excluding hydrogens is 248 g/mol. The molecule has 0 aromatic heterocycles. The predicted molar refractivity (Wildman–Crippen MR) is 82.9 cm³/mol. The number of hydrogen-bond donors (Lipinski definition) is 1. The molecule has 1 saturated carbocycles. The van der Waals surface area contributed by atoms with Gasteiger partial charge in [0.2, 0.25) is 0 Å². The van der Waals surface area contributed by atoms with Gasteiger partial charge in [0.25, 0.3) is 0 Å². The van der Waals surface area contributed by atoms with Gasteiger partial charge in [-0.15, -0.1) is 0 Å². The molecule has 3 heteroatoms. The number of ether oxygens (including phenoxy) is 1. The van der Waals surface area contributed by atoms with Crippen molar-refractivity contribution in [2.45, 2.75) is 70.6 Å². The van der Waals surface area contributed by atoms with Gasteiger partial charge in [0, 0.05) is 38.3 Å². The van der Waals surface area contributed by atoms with E-state index in [9.17, 15) is 0 Å². The highest BCUT2D eigenvalue weighted by atomic mass is 16.5. The fourth-order valence-electron chi connectivity index (χ4n) is 3.93. The third kappa shape index (κ3) is 3.75. The Morgan fingerprint density at radius 3 is 2.70 bits per heavy atom. The maximum atomic E-state index is 5.91. The van der Waals surface area contributed by atoms with Gasteiger partial charge in [0.05, 0.1) is 6.10 Å². The fraction of sp³-hybridized carbons (Fsp3) is 1.00. The van der Waals surface area contributed by atoms with Crippen LogP contribution in [0.4, 0.5) is 0 Å². The zero-order chi connectivity index (χ0) is 13.9. The average Bonchev–Trinajstić information content (AvgIpc) is 3.30. The van der Waals surface area contributed by atoms with E-state index in [0.717, 1.165) is 24.5 Å². The van der Waals surface area contributed by atoms with Crippen molar-refractivity contribution in [3.8, 4) is 0 Å². The van der Waals surface area contributed by atoms with Crippen LogP contribution in [0.15, 0.2) is 0 Å². The van der Waals surface area contributed by atoms with E-state index in [1.165, 1.54) is 58.2 Å². The van der Waals surface area contributed by atoms with Crippen LogP contribution in [0.5, 0.6) is 0 Å². The summed E-state index contributed by atoms with van der Waals surface area (Å²) in [5.74, 6) is 1.71. The number of nitrogens with zero attached hydrogens (tertiary/aromatic N) is 1. The molecule has 2 saturated heterocycles. The van der Waals surface area contributed by atoms with E-state index < -0.39 is 0 Å². The van der Waals surface area contributed by atoms with Gasteiger partial charge >= 0.3 is 0 Å². The SMILES string of the molecule is CC(C)C1CNC(C2CC2)CN1CCC1CCCCO1. The van der Waals surface area contributed by atoms with Crippen LogP contribution >= 0.6 is 0 Å². The Bertz CT molecular complexity index is 297. The molecule has 0 amide bonds. The molecule has 2 heterocycles. The van der Waals surface area contributed by atoms with E-state index in [1.54, 1.807) is 0 Å². The zero-order valence-corrected chi connectivity index (χ0v) is 13.3. The molecule has 0 aromatic carbocycles. The molecule has 0 spiro atoms. The Labute approximate surface area is 124 Å². The quantitative estimate of drug-likeness (QED) is 0.838. The van der Waals surface area contributed by atoms with Gasteiger partial charge in [-0.1, -0.05) is 13.8 Å². The second kappa shape index (κ2) is 6.76. The Balaban J connectivity index is 1.51. The van der Waals surface area contributed by atoms with Crippen molar-refractivity contribution in [1.29, 1.82) is 0 Å². The lowest BCUT2D eigenvalue weighted by Crippen LogP contribution is -2.59. The van der Waals surface area contributed by atoms with Crippen LogP contribution < -0.4 is 5.32 Å². The largest absolute Gasteiger partial charge is 0.378 e. The van der Waals surface area contributed by atoms with Gasteiger partial charge in [0.15, 0.2) is 0 Å². The maximum Gasteiger partial charge on any atom is 0.0587 e. The molecule has 3 fully saturated rings. The summed E-state index contributed by atoms with van der Waals surface area (Å²) in [6, 6.07) is 1.48. The third-order valence-electron chi connectivity index (χ3n) is 5.46. The fourth-order valence-corrected chi connectivity index (χ4v) is 3.93. The van der Waals surface area contributed by atoms with Crippen LogP contribution in [0.2, 0.25) is 0 Å². The first-order valence-corrected chi connectivity index (χ1v) is 8.83. The van der Waals surface area contributed by atoms with Crippen LogP contribution in [0.1, 0.15) is 52.4 Å². The van der Waals surface area contributed by atoms with E-state index in [4.69, 9.17) is 4.74 Å². The molecule has 0 radical (unpaired) electrons. The molecule has 3 rings (SSSR count). The summed E-state index contributed by atoms with van der Waals surface area (Å²) in [6.07, 6.45) is 8.58. The van der Waals surface area contributed by atoms with Crippen LogP contribution in [-0.2, 0) is 4.74 Å². The summed E-state index contributed by atoms with van der Waals surface area (Å²) in [5, 5.41) is 3.81. The van der Waals surface area contributed by atoms with Gasteiger partial charge in [-0.25, -0.2) is 0 Å². The first-order chi connectivity index (χ1) is 9.74. The molecular formula is C17H32N2O. The third-order valence-corrected chi connectivity index (χ3v) is 5.46. The number of rotatable bonds is 5. The summed E-state index contributed by atoms with van der Waals surface area (Å²) in [7, 11) is 0. The second-order valence-corrected chi connectivity index (χ2v) is 7.44. The van der Waals surface area contributed by atoms with E-state index in [-0.39, 0.29) is 0 Å². The second-order valence-electron chi connectivity index (χ2n) is 7.44.